The molecule has 1 aliphatic rings. The first-order chi connectivity index (χ1) is 11.5. The number of hydrogen-bond donors (Lipinski definition) is 2. The average Bonchev–Trinajstić information content (AvgIpc) is 3.10. The summed E-state index contributed by atoms with van der Waals surface area (Å²) in [6.45, 7) is 3.52. The molecule has 1 fully saturated rings. The maximum atomic E-state index is 12.1. The van der Waals surface area contributed by atoms with Crippen LogP contribution in [-0.4, -0.2) is 34.9 Å². The third-order valence-corrected chi connectivity index (χ3v) is 4.40. The molecule has 1 aliphatic heterocycles. The Balaban J connectivity index is 1.59. The summed E-state index contributed by atoms with van der Waals surface area (Å²) in [5.74, 6) is -0.0787. The standard InChI is InChI=1S/C17H20N4O3/c1-12-11-14(21(23)24)4-5-16(12)20-9-6-13(7-10-20)19-17(22)15-3-2-8-18-15/h2-5,8,11,13,18H,6-7,9-10H2,1H3,(H,19,22). The number of carbonyl (C=O) groups is 1. The van der Waals surface area contributed by atoms with Crippen LogP contribution in [0.2, 0.25) is 0 Å². The predicted molar refractivity (Wildman–Crippen MR) is 91.3 cm³/mol. The lowest BCUT2D eigenvalue weighted by Gasteiger charge is -2.34. The molecule has 0 radical (unpaired) electrons. The van der Waals surface area contributed by atoms with Crippen LogP contribution in [0.15, 0.2) is 36.5 Å². The van der Waals surface area contributed by atoms with E-state index < -0.39 is 0 Å². The summed E-state index contributed by atoms with van der Waals surface area (Å²) in [5, 5.41) is 13.9. The number of nitro benzene ring substituents is 1. The first kappa shape index (κ1) is 16.0. The molecule has 0 saturated carbocycles. The van der Waals surface area contributed by atoms with Crippen LogP contribution >= 0.6 is 0 Å². The number of hydrogen-bond acceptors (Lipinski definition) is 4. The molecule has 1 aromatic carbocycles. The van der Waals surface area contributed by atoms with Gasteiger partial charge in [-0.05, 0) is 43.5 Å². The van der Waals surface area contributed by atoms with Crippen LogP contribution in [-0.2, 0) is 0 Å². The van der Waals surface area contributed by atoms with Gasteiger partial charge in [0.1, 0.15) is 5.69 Å². The van der Waals surface area contributed by atoms with Gasteiger partial charge in [-0.25, -0.2) is 0 Å². The van der Waals surface area contributed by atoms with Gasteiger partial charge in [0.15, 0.2) is 0 Å². The van der Waals surface area contributed by atoms with Gasteiger partial charge in [0.2, 0.25) is 0 Å². The molecule has 1 amide bonds. The highest BCUT2D eigenvalue weighted by molar-refractivity contribution is 5.92. The number of rotatable bonds is 4. The minimum Gasteiger partial charge on any atom is -0.371 e. The Labute approximate surface area is 139 Å². The zero-order chi connectivity index (χ0) is 17.1. The third kappa shape index (κ3) is 3.40. The fourth-order valence-corrected chi connectivity index (χ4v) is 3.11. The number of carbonyl (C=O) groups excluding carboxylic acids is 1. The normalized spacial score (nSPS) is 15.3. The number of non-ortho nitro benzene ring substituents is 1. The summed E-state index contributed by atoms with van der Waals surface area (Å²) in [5.41, 5.74) is 2.61. The SMILES string of the molecule is Cc1cc([N+](=O)[O-])ccc1N1CCC(NC(=O)c2ccc[nH]2)CC1. The van der Waals surface area contributed by atoms with Gasteiger partial charge >= 0.3 is 0 Å². The number of amides is 1. The monoisotopic (exact) mass is 328 g/mol. The molecule has 1 saturated heterocycles. The fraction of sp³-hybridized carbons (Fsp3) is 0.353. The molecule has 2 aromatic rings. The van der Waals surface area contributed by atoms with Gasteiger partial charge in [0.05, 0.1) is 4.92 Å². The van der Waals surface area contributed by atoms with Crippen molar-refractivity contribution in [1.82, 2.24) is 10.3 Å². The topological polar surface area (TPSA) is 91.3 Å². The van der Waals surface area contributed by atoms with Crippen molar-refractivity contribution in [2.75, 3.05) is 18.0 Å². The van der Waals surface area contributed by atoms with E-state index in [1.165, 1.54) is 0 Å². The zero-order valence-corrected chi connectivity index (χ0v) is 13.5. The van der Waals surface area contributed by atoms with Crippen LogP contribution in [0.3, 0.4) is 0 Å². The van der Waals surface area contributed by atoms with Crippen LogP contribution in [0.1, 0.15) is 28.9 Å². The Morgan fingerprint density at radius 2 is 2.08 bits per heavy atom. The van der Waals surface area contributed by atoms with Crippen molar-refractivity contribution in [3.05, 3.63) is 57.9 Å². The van der Waals surface area contributed by atoms with Gasteiger partial charge in [0.25, 0.3) is 11.6 Å². The fourth-order valence-electron chi connectivity index (χ4n) is 3.11. The number of aromatic amines is 1. The Morgan fingerprint density at radius 1 is 1.33 bits per heavy atom. The molecule has 2 N–H and O–H groups in total. The van der Waals surface area contributed by atoms with E-state index in [1.54, 1.807) is 30.5 Å². The zero-order valence-electron chi connectivity index (χ0n) is 13.5. The molecular weight excluding hydrogens is 308 g/mol. The van der Waals surface area contributed by atoms with Crippen LogP contribution in [0.25, 0.3) is 0 Å². The molecule has 7 nitrogen and oxygen atoms in total. The first-order valence-corrected chi connectivity index (χ1v) is 7.99. The lowest BCUT2D eigenvalue weighted by Crippen LogP contribution is -2.45. The Morgan fingerprint density at radius 3 is 2.67 bits per heavy atom. The van der Waals surface area contributed by atoms with E-state index in [1.807, 2.05) is 13.0 Å². The molecule has 3 rings (SSSR count). The van der Waals surface area contributed by atoms with Crippen molar-refractivity contribution in [2.24, 2.45) is 0 Å². The number of nitro groups is 1. The minimum atomic E-state index is -0.376. The van der Waals surface area contributed by atoms with Gasteiger partial charge in [-0.2, -0.15) is 0 Å². The highest BCUT2D eigenvalue weighted by atomic mass is 16.6. The highest BCUT2D eigenvalue weighted by Crippen LogP contribution is 2.27. The van der Waals surface area contributed by atoms with Crippen molar-refractivity contribution >= 4 is 17.3 Å². The summed E-state index contributed by atoms with van der Waals surface area (Å²) in [4.78, 5) is 27.6. The average molecular weight is 328 g/mol. The number of H-pyrrole nitrogens is 1. The molecule has 2 heterocycles. The van der Waals surface area contributed by atoms with Crippen molar-refractivity contribution < 1.29 is 9.72 Å². The molecule has 24 heavy (non-hydrogen) atoms. The van der Waals surface area contributed by atoms with E-state index in [-0.39, 0.29) is 22.6 Å². The number of nitrogens with zero attached hydrogens (tertiary/aromatic N) is 2. The van der Waals surface area contributed by atoms with Crippen molar-refractivity contribution in [1.29, 1.82) is 0 Å². The molecule has 126 valence electrons. The summed E-state index contributed by atoms with van der Waals surface area (Å²) in [6.07, 6.45) is 3.43. The molecule has 0 spiro atoms. The van der Waals surface area contributed by atoms with E-state index in [9.17, 15) is 14.9 Å². The van der Waals surface area contributed by atoms with Crippen molar-refractivity contribution in [3.8, 4) is 0 Å². The summed E-state index contributed by atoms with van der Waals surface area (Å²) in [6, 6.07) is 8.66. The van der Waals surface area contributed by atoms with Gasteiger partial charge in [0, 0.05) is 43.1 Å². The quantitative estimate of drug-likeness (QED) is 0.667. The number of aromatic nitrogens is 1. The second kappa shape index (κ2) is 6.74. The Kier molecular flexibility index (Phi) is 4.50. The smallest absolute Gasteiger partial charge is 0.269 e. The van der Waals surface area contributed by atoms with Crippen LogP contribution < -0.4 is 10.2 Å². The van der Waals surface area contributed by atoms with Gasteiger partial charge in [-0.1, -0.05) is 0 Å². The van der Waals surface area contributed by atoms with Crippen LogP contribution in [0.4, 0.5) is 11.4 Å². The summed E-state index contributed by atoms with van der Waals surface area (Å²) >= 11 is 0. The second-order valence-corrected chi connectivity index (χ2v) is 6.05. The van der Waals surface area contributed by atoms with Crippen molar-refractivity contribution in [3.63, 3.8) is 0 Å². The van der Waals surface area contributed by atoms with Crippen LogP contribution in [0.5, 0.6) is 0 Å². The molecular formula is C17H20N4O3. The molecule has 0 atom stereocenters. The number of anilines is 1. The molecule has 7 heteroatoms. The van der Waals surface area contributed by atoms with Gasteiger partial charge in [-0.15, -0.1) is 0 Å². The van der Waals surface area contributed by atoms with Crippen LogP contribution in [0, 0.1) is 17.0 Å². The lowest BCUT2D eigenvalue weighted by molar-refractivity contribution is -0.384. The maximum Gasteiger partial charge on any atom is 0.269 e. The van der Waals surface area contributed by atoms with E-state index in [4.69, 9.17) is 0 Å². The van der Waals surface area contributed by atoms with Gasteiger partial charge in [-0.3, -0.25) is 14.9 Å². The summed E-state index contributed by atoms with van der Waals surface area (Å²) < 4.78 is 0. The Hall–Kier alpha value is -2.83. The lowest BCUT2D eigenvalue weighted by atomic mass is 10.0. The molecule has 1 aromatic heterocycles. The largest absolute Gasteiger partial charge is 0.371 e. The predicted octanol–water partition coefficient (Wildman–Crippen LogP) is 2.63. The van der Waals surface area contributed by atoms with Gasteiger partial charge < -0.3 is 15.2 Å². The number of benzene rings is 1. The van der Waals surface area contributed by atoms with E-state index in [0.29, 0.717) is 5.69 Å². The maximum absolute atomic E-state index is 12.1. The molecule has 0 bridgehead atoms. The van der Waals surface area contributed by atoms with E-state index >= 15 is 0 Å². The number of aryl methyl sites for hydroxylation is 1. The number of nitrogens with one attached hydrogen (secondary N) is 2. The minimum absolute atomic E-state index is 0.0787. The van der Waals surface area contributed by atoms with Crippen molar-refractivity contribution in [2.45, 2.75) is 25.8 Å². The second-order valence-electron chi connectivity index (χ2n) is 6.05. The summed E-state index contributed by atoms with van der Waals surface area (Å²) in [7, 11) is 0. The number of piperidine rings is 1. The molecule has 0 aliphatic carbocycles. The third-order valence-electron chi connectivity index (χ3n) is 4.40. The highest BCUT2D eigenvalue weighted by Gasteiger charge is 2.23. The molecule has 0 unspecified atom stereocenters. The van der Waals surface area contributed by atoms with E-state index in [2.05, 4.69) is 15.2 Å². The first-order valence-electron chi connectivity index (χ1n) is 7.99. The Bertz CT molecular complexity index is 734. The van der Waals surface area contributed by atoms with E-state index in [0.717, 1.165) is 37.2 Å².